The minimum atomic E-state index is -0.790. The van der Waals surface area contributed by atoms with Gasteiger partial charge in [-0.3, -0.25) is 9.59 Å². The van der Waals surface area contributed by atoms with Crippen LogP contribution in [0.5, 0.6) is 5.75 Å². The maximum atomic E-state index is 14.2. The van der Waals surface area contributed by atoms with Crippen molar-refractivity contribution < 1.29 is 18.8 Å². The Balaban J connectivity index is 1.26. The van der Waals surface area contributed by atoms with Crippen molar-refractivity contribution in [3.63, 3.8) is 0 Å². The molecule has 0 N–H and O–H groups in total. The third-order valence-corrected chi connectivity index (χ3v) is 9.05. The van der Waals surface area contributed by atoms with Gasteiger partial charge in [-0.05, 0) is 68.1 Å². The molecule has 2 saturated heterocycles. The van der Waals surface area contributed by atoms with Gasteiger partial charge in [0.2, 0.25) is 11.7 Å². The molecule has 9 heteroatoms. The first-order valence-electron chi connectivity index (χ1n) is 14.2. The topological polar surface area (TPSA) is 75.9 Å². The number of carbonyl (C=O) groups is 2. The van der Waals surface area contributed by atoms with Crippen LogP contribution in [0.1, 0.15) is 73.5 Å². The van der Waals surface area contributed by atoms with E-state index in [9.17, 15) is 9.59 Å². The molecule has 210 valence electrons. The molecular weight excluding hydrogens is 549 g/mol. The third kappa shape index (κ3) is 5.59. The van der Waals surface area contributed by atoms with E-state index < -0.39 is 5.41 Å². The summed E-state index contributed by atoms with van der Waals surface area (Å²) < 4.78 is 12.0. The molecule has 1 saturated carbocycles. The molecular formula is C31H33Cl2N3O4. The zero-order valence-corrected chi connectivity index (χ0v) is 23.9. The van der Waals surface area contributed by atoms with Gasteiger partial charge in [-0.1, -0.05) is 53.7 Å². The van der Waals surface area contributed by atoms with Gasteiger partial charge < -0.3 is 19.1 Å². The van der Waals surface area contributed by atoms with E-state index >= 15 is 0 Å². The molecule has 1 aromatic heterocycles. The number of nitrogens with zero attached hydrogens (tertiary/aromatic N) is 3. The normalized spacial score (nSPS) is 23.9. The number of anilines is 1. The maximum absolute atomic E-state index is 14.2. The van der Waals surface area contributed by atoms with Crippen LogP contribution in [0.3, 0.4) is 0 Å². The highest BCUT2D eigenvalue weighted by Gasteiger charge is 2.51. The van der Waals surface area contributed by atoms with Crippen molar-refractivity contribution in [2.45, 2.75) is 63.4 Å². The molecule has 3 fully saturated rings. The van der Waals surface area contributed by atoms with E-state index in [2.05, 4.69) is 5.16 Å². The fourth-order valence-corrected chi connectivity index (χ4v) is 6.90. The van der Waals surface area contributed by atoms with Crippen LogP contribution in [0.4, 0.5) is 5.69 Å². The zero-order chi connectivity index (χ0) is 27.7. The highest BCUT2D eigenvalue weighted by atomic mass is 35.5. The fraction of sp³-hybridized carbons (Fsp3) is 0.452. The van der Waals surface area contributed by atoms with E-state index in [1.165, 1.54) is 19.3 Å². The van der Waals surface area contributed by atoms with E-state index in [0.717, 1.165) is 24.2 Å². The Kier molecular flexibility index (Phi) is 7.78. The smallest absolute Gasteiger partial charge is 0.292 e. The van der Waals surface area contributed by atoms with Gasteiger partial charge in [0.15, 0.2) is 0 Å². The van der Waals surface area contributed by atoms with Crippen molar-refractivity contribution in [3.8, 4) is 5.75 Å². The Labute approximate surface area is 244 Å². The molecule has 1 spiro atoms. The number of benzene rings is 2. The molecule has 6 rings (SSSR count). The minimum absolute atomic E-state index is 0.00117. The SMILES string of the molecule is O=C(c1cc(C2CCCCC2)no1)N1CCC[C@@]2(C[C@@H](Oc3cccc(Cl)c3)CN(c3ccc(Cl)cc3)C2=O)C1. The second-order valence-electron chi connectivity index (χ2n) is 11.4. The summed E-state index contributed by atoms with van der Waals surface area (Å²) in [6.45, 7) is 1.24. The van der Waals surface area contributed by atoms with E-state index in [1.54, 1.807) is 34.1 Å². The number of hydrogen-bond donors (Lipinski definition) is 0. The largest absolute Gasteiger partial charge is 0.488 e. The van der Waals surface area contributed by atoms with E-state index in [-0.39, 0.29) is 23.7 Å². The molecule has 3 aliphatic rings. The second kappa shape index (κ2) is 11.5. The lowest BCUT2D eigenvalue weighted by atomic mass is 9.71. The average Bonchev–Trinajstić information content (AvgIpc) is 3.46. The van der Waals surface area contributed by atoms with Crippen LogP contribution in [0.25, 0.3) is 0 Å². The van der Waals surface area contributed by atoms with E-state index in [4.69, 9.17) is 32.5 Å². The number of piperidine rings is 2. The van der Waals surface area contributed by atoms with Gasteiger partial charge in [0.25, 0.3) is 5.91 Å². The number of amides is 2. The quantitative estimate of drug-likeness (QED) is 0.320. The number of carbonyl (C=O) groups excluding carboxylic acids is 2. The van der Waals surface area contributed by atoms with Crippen LogP contribution in [-0.4, -0.2) is 47.6 Å². The van der Waals surface area contributed by atoms with Gasteiger partial charge in [-0.2, -0.15) is 0 Å². The fourth-order valence-electron chi connectivity index (χ4n) is 6.60. The summed E-state index contributed by atoms with van der Waals surface area (Å²) in [6.07, 6.45) is 7.35. The number of halogens is 2. The third-order valence-electron chi connectivity index (χ3n) is 8.57. The standard InChI is InChI=1S/C31H33Cl2N3O4/c32-22-10-12-24(13-11-22)36-19-26(39-25-9-4-8-23(33)16-25)18-31(30(36)38)14-5-15-35(20-31)29(37)28-17-27(34-40-28)21-6-2-1-3-7-21/h4,8-13,16-17,21,26H,1-3,5-7,14-15,18-20H2/t26-,31-/m1/s1. The van der Waals surface area contributed by atoms with E-state index in [1.807, 2.05) is 30.3 Å². The van der Waals surface area contributed by atoms with Gasteiger partial charge in [0, 0.05) is 47.2 Å². The summed E-state index contributed by atoms with van der Waals surface area (Å²) >= 11 is 12.4. The molecule has 2 aliphatic heterocycles. The van der Waals surface area contributed by atoms with Crippen molar-refractivity contribution >= 4 is 40.7 Å². The van der Waals surface area contributed by atoms with Crippen molar-refractivity contribution in [1.29, 1.82) is 0 Å². The molecule has 0 bridgehead atoms. The number of ether oxygens (including phenoxy) is 1. The lowest BCUT2D eigenvalue weighted by Gasteiger charge is -2.49. The summed E-state index contributed by atoms with van der Waals surface area (Å²) in [6, 6.07) is 16.4. The van der Waals surface area contributed by atoms with Crippen molar-refractivity contribution in [2.24, 2.45) is 5.41 Å². The Bertz CT molecular complexity index is 1370. The van der Waals surface area contributed by atoms with Crippen molar-refractivity contribution in [3.05, 3.63) is 76.1 Å². The van der Waals surface area contributed by atoms with Gasteiger partial charge in [0.05, 0.1) is 17.7 Å². The molecule has 7 nitrogen and oxygen atoms in total. The predicted octanol–water partition coefficient (Wildman–Crippen LogP) is 7.14. The molecule has 2 amide bonds. The Hall–Kier alpha value is -3.03. The van der Waals surface area contributed by atoms with Crippen LogP contribution in [0, 0.1) is 5.41 Å². The molecule has 3 aromatic rings. The van der Waals surface area contributed by atoms with Gasteiger partial charge in [-0.15, -0.1) is 0 Å². The summed E-state index contributed by atoms with van der Waals surface area (Å²) in [4.78, 5) is 31.4. The van der Waals surface area contributed by atoms with Crippen molar-refractivity contribution in [1.82, 2.24) is 10.1 Å². The Morgan fingerprint density at radius 1 is 1.00 bits per heavy atom. The number of rotatable bonds is 5. The molecule has 3 heterocycles. The first-order chi connectivity index (χ1) is 19.4. The predicted molar refractivity (Wildman–Crippen MR) is 154 cm³/mol. The van der Waals surface area contributed by atoms with Crippen molar-refractivity contribution in [2.75, 3.05) is 24.5 Å². The lowest BCUT2D eigenvalue weighted by Crippen LogP contribution is -2.61. The Morgan fingerprint density at radius 3 is 2.58 bits per heavy atom. The monoisotopic (exact) mass is 581 g/mol. The Morgan fingerprint density at radius 2 is 1.80 bits per heavy atom. The zero-order valence-electron chi connectivity index (χ0n) is 22.4. The molecule has 2 atom stereocenters. The van der Waals surface area contributed by atoms with Crippen LogP contribution in [0.15, 0.2) is 59.1 Å². The van der Waals surface area contributed by atoms with Crippen LogP contribution < -0.4 is 9.64 Å². The molecule has 0 radical (unpaired) electrons. The average molecular weight is 583 g/mol. The molecule has 40 heavy (non-hydrogen) atoms. The van der Waals surface area contributed by atoms with Crippen LogP contribution >= 0.6 is 23.2 Å². The summed E-state index contributed by atoms with van der Waals surface area (Å²) in [5.41, 5.74) is 0.831. The second-order valence-corrected chi connectivity index (χ2v) is 12.2. The van der Waals surface area contributed by atoms with Gasteiger partial charge in [0.1, 0.15) is 11.9 Å². The molecule has 0 unspecified atom stereocenters. The first kappa shape index (κ1) is 27.2. The summed E-state index contributed by atoms with van der Waals surface area (Å²) in [5.74, 6) is 1.04. The van der Waals surface area contributed by atoms with Crippen LogP contribution in [-0.2, 0) is 4.79 Å². The maximum Gasteiger partial charge on any atom is 0.292 e. The number of aromatic nitrogens is 1. The van der Waals surface area contributed by atoms with Gasteiger partial charge in [-0.25, -0.2) is 0 Å². The van der Waals surface area contributed by atoms with Crippen LogP contribution in [0.2, 0.25) is 10.0 Å². The van der Waals surface area contributed by atoms with Gasteiger partial charge >= 0.3 is 0 Å². The highest BCUT2D eigenvalue weighted by molar-refractivity contribution is 6.31. The first-order valence-corrected chi connectivity index (χ1v) is 14.9. The number of hydrogen-bond acceptors (Lipinski definition) is 5. The summed E-state index contributed by atoms with van der Waals surface area (Å²) in [7, 11) is 0. The lowest BCUT2D eigenvalue weighted by molar-refractivity contribution is -0.136. The molecule has 1 aliphatic carbocycles. The highest BCUT2D eigenvalue weighted by Crippen LogP contribution is 2.43. The number of likely N-dealkylation sites (tertiary alicyclic amines) is 1. The molecule has 2 aromatic carbocycles. The minimum Gasteiger partial charge on any atom is -0.488 e. The van der Waals surface area contributed by atoms with E-state index in [0.29, 0.717) is 60.6 Å². The summed E-state index contributed by atoms with van der Waals surface area (Å²) in [5, 5.41) is 5.45.